The summed E-state index contributed by atoms with van der Waals surface area (Å²) in [6.45, 7) is 1.71. The summed E-state index contributed by atoms with van der Waals surface area (Å²) in [6, 6.07) is 16.4. The number of ether oxygens (including phenoxy) is 1. The van der Waals surface area contributed by atoms with Gasteiger partial charge < -0.3 is 10.5 Å². The number of nitrogens with zero attached hydrogens (tertiary/aromatic N) is 2. The Hall–Kier alpha value is -2.20. The molecule has 0 radical (unpaired) electrons. The van der Waals surface area contributed by atoms with Crippen molar-refractivity contribution in [2.45, 2.75) is 12.1 Å². The van der Waals surface area contributed by atoms with Crippen LogP contribution < -0.4 is 5.73 Å². The van der Waals surface area contributed by atoms with Gasteiger partial charge in [0.05, 0.1) is 24.3 Å². The van der Waals surface area contributed by atoms with Gasteiger partial charge >= 0.3 is 0 Å². The minimum Gasteiger partial charge on any atom is -0.371 e. The number of hydrogen-bond donors (Lipinski definition) is 1. The van der Waals surface area contributed by atoms with Gasteiger partial charge in [-0.2, -0.15) is 5.26 Å². The minimum absolute atomic E-state index is 0.135. The number of nitrogens with two attached hydrogens (primary N) is 1. The van der Waals surface area contributed by atoms with Crippen molar-refractivity contribution in [2.24, 2.45) is 5.73 Å². The van der Waals surface area contributed by atoms with Gasteiger partial charge in [-0.1, -0.05) is 46.3 Å². The molecular weight excluding hydrogens is 382 g/mol. The second-order valence-electron chi connectivity index (χ2n) is 5.91. The normalized spacial score (nSPS) is 19.1. The third-order valence-electron chi connectivity index (χ3n) is 4.34. The Bertz CT molecular complexity index is 801. The second kappa shape index (κ2) is 7.79. The number of carbonyl (C=O) groups excluding carboxylic acids is 1. The Morgan fingerprint density at radius 1 is 1.28 bits per heavy atom. The van der Waals surface area contributed by atoms with Gasteiger partial charge in [0.15, 0.2) is 0 Å². The first-order chi connectivity index (χ1) is 12.1. The summed E-state index contributed by atoms with van der Waals surface area (Å²) in [5, 5.41) is 8.94. The molecule has 2 aromatic carbocycles. The van der Waals surface area contributed by atoms with Crippen molar-refractivity contribution < 1.29 is 9.53 Å². The maximum absolute atomic E-state index is 12.1. The maximum Gasteiger partial charge on any atom is 0.239 e. The van der Waals surface area contributed by atoms with Gasteiger partial charge in [0.2, 0.25) is 5.91 Å². The molecule has 0 saturated carbocycles. The summed E-state index contributed by atoms with van der Waals surface area (Å²) in [7, 11) is 0. The van der Waals surface area contributed by atoms with Gasteiger partial charge in [-0.3, -0.25) is 9.69 Å². The lowest BCUT2D eigenvalue weighted by molar-refractivity contribution is -0.127. The van der Waals surface area contributed by atoms with Crippen molar-refractivity contribution in [3.8, 4) is 6.07 Å². The number of morpholine rings is 1. The van der Waals surface area contributed by atoms with Crippen molar-refractivity contribution in [2.75, 3.05) is 19.7 Å². The van der Waals surface area contributed by atoms with E-state index < -0.39 is 11.9 Å². The van der Waals surface area contributed by atoms with Crippen molar-refractivity contribution in [3.05, 3.63) is 69.7 Å². The second-order valence-corrected chi connectivity index (χ2v) is 6.77. The van der Waals surface area contributed by atoms with E-state index in [1.165, 1.54) is 0 Å². The van der Waals surface area contributed by atoms with Gasteiger partial charge in [0.25, 0.3) is 0 Å². The number of primary amides is 1. The number of hydrogen-bond acceptors (Lipinski definition) is 4. The van der Waals surface area contributed by atoms with Gasteiger partial charge in [-0.25, -0.2) is 0 Å². The first kappa shape index (κ1) is 17.6. The Morgan fingerprint density at radius 3 is 2.64 bits per heavy atom. The number of amides is 1. The smallest absolute Gasteiger partial charge is 0.239 e. The highest BCUT2D eigenvalue weighted by Crippen LogP contribution is 2.32. The van der Waals surface area contributed by atoms with Crippen molar-refractivity contribution in [3.63, 3.8) is 0 Å². The van der Waals surface area contributed by atoms with E-state index in [0.717, 1.165) is 15.6 Å². The molecule has 1 heterocycles. The van der Waals surface area contributed by atoms with Gasteiger partial charge in [-0.05, 0) is 29.3 Å². The summed E-state index contributed by atoms with van der Waals surface area (Å²) in [4.78, 5) is 14.2. The van der Waals surface area contributed by atoms with Crippen LogP contribution in [0.2, 0.25) is 0 Å². The molecule has 128 valence electrons. The molecule has 2 atom stereocenters. The van der Waals surface area contributed by atoms with Crippen LogP contribution in [0.5, 0.6) is 0 Å². The fourth-order valence-electron chi connectivity index (χ4n) is 3.12. The molecule has 1 amide bonds. The minimum atomic E-state index is -0.540. The first-order valence-corrected chi connectivity index (χ1v) is 8.79. The molecule has 1 aliphatic rings. The van der Waals surface area contributed by atoms with Crippen molar-refractivity contribution in [1.29, 1.82) is 5.26 Å². The molecule has 25 heavy (non-hydrogen) atoms. The largest absolute Gasteiger partial charge is 0.371 e. The van der Waals surface area contributed by atoms with E-state index in [0.29, 0.717) is 25.3 Å². The van der Waals surface area contributed by atoms with Crippen LogP contribution >= 0.6 is 15.9 Å². The number of carbonyl (C=O) groups is 1. The van der Waals surface area contributed by atoms with Crippen LogP contribution in [0.3, 0.4) is 0 Å². The fourth-order valence-corrected chi connectivity index (χ4v) is 3.66. The molecule has 1 saturated heterocycles. The molecule has 0 aliphatic carbocycles. The van der Waals surface area contributed by atoms with Crippen LogP contribution in [0.25, 0.3) is 0 Å². The Kier molecular flexibility index (Phi) is 5.49. The van der Waals surface area contributed by atoms with Gasteiger partial charge in [0, 0.05) is 17.6 Å². The molecule has 6 heteroatoms. The number of nitriles is 1. The predicted octanol–water partition coefficient (Wildman–Crippen LogP) is 2.92. The van der Waals surface area contributed by atoms with Gasteiger partial charge in [0.1, 0.15) is 6.04 Å². The van der Waals surface area contributed by atoms with E-state index in [1.807, 2.05) is 29.2 Å². The number of halogens is 1. The Labute approximate surface area is 155 Å². The molecule has 0 bridgehead atoms. The SMILES string of the molecule is N#Cc1ccc(C(C(N)=O)N2CCOC(c3ccccc3Br)C2)cc1. The van der Waals surface area contributed by atoms with E-state index in [-0.39, 0.29) is 6.10 Å². The zero-order valence-corrected chi connectivity index (χ0v) is 15.1. The van der Waals surface area contributed by atoms with E-state index in [9.17, 15) is 4.79 Å². The molecule has 2 unspecified atom stereocenters. The molecule has 5 nitrogen and oxygen atoms in total. The summed E-state index contributed by atoms with van der Waals surface area (Å²) in [5.74, 6) is -0.405. The highest BCUT2D eigenvalue weighted by molar-refractivity contribution is 9.10. The zero-order chi connectivity index (χ0) is 17.8. The Balaban J connectivity index is 1.85. The van der Waals surface area contributed by atoms with E-state index >= 15 is 0 Å². The summed E-state index contributed by atoms with van der Waals surface area (Å²) >= 11 is 3.56. The van der Waals surface area contributed by atoms with E-state index in [2.05, 4.69) is 22.0 Å². The number of benzene rings is 2. The highest BCUT2D eigenvalue weighted by Gasteiger charge is 2.32. The maximum atomic E-state index is 12.1. The van der Waals surface area contributed by atoms with Crippen LogP contribution in [0.1, 0.15) is 28.8 Å². The standard InChI is InChI=1S/C19H18BrN3O2/c20-16-4-2-1-3-15(16)17-12-23(9-10-25-17)18(19(22)24)14-7-5-13(11-21)6-8-14/h1-8,17-18H,9-10,12H2,(H2,22,24). The van der Waals surface area contributed by atoms with Gasteiger partial charge in [-0.15, -0.1) is 0 Å². The van der Waals surface area contributed by atoms with Crippen molar-refractivity contribution >= 4 is 21.8 Å². The predicted molar refractivity (Wildman–Crippen MR) is 97.5 cm³/mol. The lowest BCUT2D eigenvalue weighted by Crippen LogP contribution is -2.45. The molecule has 1 aliphatic heterocycles. The molecule has 0 aromatic heterocycles. The number of rotatable bonds is 4. The van der Waals surface area contributed by atoms with E-state index in [4.69, 9.17) is 15.7 Å². The summed E-state index contributed by atoms with van der Waals surface area (Å²) in [5.41, 5.74) is 8.09. The molecule has 2 aromatic rings. The quantitative estimate of drug-likeness (QED) is 0.856. The highest BCUT2D eigenvalue weighted by atomic mass is 79.9. The first-order valence-electron chi connectivity index (χ1n) is 7.99. The molecule has 0 spiro atoms. The third-order valence-corrected chi connectivity index (χ3v) is 5.06. The molecule has 2 N–H and O–H groups in total. The van der Waals surface area contributed by atoms with Crippen LogP contribution in [0.15, 0.2) is 53.0 Å². The Morgan fingerprint density at radius 2 is 2.00 bits per heavy atom. The topological polar surface area (TPSA) is 79.3 Å². The lowest BCUT2D eigenvalue weighted by Gasteiger charge is -2.37. The summed E-state index contributed by atoms with van der Waals surface area (Å²) < 4.78 is 6.89. The lowest BCUT2D eigenvalue weighted by atomic mass is 10.0. The van der Waals surface area contributed by atoms with Crippen LogP contribution in [-0.4, -0.2) is 30.5 Å². The fraction of sp³-hybridized carbons (Fsp3) is 0.263. The molecular formula is C19H18BrN3O2. The summed E-state index contributed by atoms with van der Waals surface area (Å²) in [6.07, 6.45) is -0.135. The van der Waals surface area contributed by atoms with Crippen LogP contribution in [0.4, 0.5) is 0 Å². The average Bonchev–Trinajstić information content (AvgIpc) is 2.63. The third kappa shape index (κ3) is 3.90. The van der Waals surface area contributed by atoms with Crippen LogP contribution in [-0.2, 0) is 9.53 Å². The molecule has 3 rings (SSSR count). The van der Waals surface area contributed by atoms with E-state index in [1.54, 1.807) is 24.3 Å². The van der Waals surface area contributed by atoms with Crippen molar-refractivity contribution in [1.82, 2.24) is 4.90 Å². The molecule has 1 fully saturated rings. The average molecular weight is 400 g/mol. The zero-order valence-electron chi connectivity index (χ0n) is 13.6. The van der Waals surface area contributed by atoms with Crippen LogP contribution in [0, 0.1) is 11.3 Å². The monoisotopic (exact) mass is 399 g/mol.